The van der Waals surface area contributed by atoms with Crippen molar-refractivity contribution in [2.24, 2.45) is 0 Å². The minimum Gasteiger partial charge on any atom is -0.306 e. The number of nitriles is 1. The van der Waals surface area contributed by atoms with Crippen LogP contribution in [0.1, 0.15) is 29.7 Å². The fourth-order valence-corrected chi connectivity index (χ4v) is 2.13. The zero-order chi connectivity index (χ0) is 14.5. The Balaban J connectivity index is 2.00. The van der Waals surface area contributed by atoms with Gasteiger partial charge in [0.05, 0.1) is 11.6 Å². The Kier molecular flexibility index (Phi) is 4.73. The molecule has 0 saturated heterocycles. The minimum absolute atomic E-state index is 0.115. The SMILES string of the molecule is CC(NCc1ccc(F)cc1Cl)c1ccc(C#N)cc1. The van der Waals surface area contributed by atoms with Crippen molar-refractivity contribution in [3.05, 3.63) is 70.0 Å². The van der Waals surface area contributed by atoms with Crippen LogP contribution in [0.4, 0.5) is 4.39 Å². The van der Waals surface area contributed by atoms with Gasteiger partial charge in [-0.3, -0.25) is 0 Å². The van der Waals surface area contributed by atoms with Crippen molar-refractivity contribution in [3.8, 4) is 6.07 Å². The molecule has 4 heteroatoms. The maximum atomic E-state index is 13.0. The molecule has 0 amide bonds. The summed E-state index contributed by atoms with van der Waals surface area (Å²) in [6.07, 6.45) is 0. The Hall–Kier alpha value is -1.89. The molecule has 1 N–H and O–H groups in total. The van der Waals surface area contributed by atoms with Crippen LogP contribution in [0.2, 0.25) is 5.02 Å². The van der Waals surface area contributed by atoms with E-state index in [0.717, 1.165) is 11.1 Å². The van der Waals surface area contributed by atoms with Crippen molar-refractivity contribution < 1.29 is 4.39 Å². The first kappa shape index (κ1) is 14.5. The molecule has 20 heavy (non-hydrogen) atoms. The van der Waals surface area contributed by atoms with Crippen molar-refractivity contribution in [2.75, 3.05) is 0 Å². The number of nitrogens with zero attached hydrogens (tertiary/aromatic N) is 1. The Morgan fingerprint density at radius 3 is 2.55 bits per heavy atom. The molecule has 2 nitrogen and oxygen atoms in total. The summed E-state index contributed by atoms with van der Waals surface area (Å²) in [4.78, 5) is 0. The van der Waals surface area contributed by atoms with Crippen LogP contribution in [0.5, 0.6) is 0 Å². The van der Waals surface area contributed by atoms with Gasteiger partial charge in [0.15, 0.2) is 0 Å². The molecule has 0 aromatic heterocycles. The molecular weight excluding hydrogens is 275 g/mol. The van der Waals surface area contributed by atoms with Crippen LogP contribution < -0.4 is 5.32 Å². The lowest BCUT2D eigenvalue weighted by Crippen LogP contribution is -2.18. The molecule has 102 valence electrons. The normalized spacial score (nSPS) is 11.9. The molecule has 0 aliphatic rings. The third-order valence-electron chi connectivity index (χ3n) is 3.15. The van der Waals surface area contributed by atoms with Gasteiger partial charge in [-0.25, -0.2) is 4.39 Å². The highest BCUT2D eigenvalue weighted by molar-refractivity contribution is 6.31. The number of halogens is 2. The maximum Gasteiger partial charge on any atom is 0.124 e. The lowest BCUT2D eigenvalue weighted by molar-refractivity contribution is 0.573. The van der Waals surface area contributed by atoms with Gasteiger partial charge in [0.2, 0.25) is 0 Å². The van der Waals surface area contributed by atoms with Crippen molar-refractivity contribution in [2.45, 2.75) is 19.5 Å². The van der Waals surface area contributed by atoms with E-state index in [1.807, 2.05) is 19.1 Å². The molecular formula is C16H14ClFN2. The Morgan fingerprint density at radius 2 is 1.95 bits per heavy atom. The summed E-state index contributed by atoms with van der Waals surface area (Å²) < 4.78 is 13.0. The van der Waals surface area contributed by atoms with Gasteiger partial charge in [-0.05, 0) is 42.3 Å². The summed E-state index contributed by atoms with van der Waals surface area (Å²) in [5, 5.41) is 12.5. The minimum atomic E-state index is -0.334. The van der Waals surface area contributed by atoms with Gasteiger partial charge in [-0.1, -0.05) is 29.8 Å². The van der Waals surface area contributed by atoms with Crippen molar-refractivity contribution >= 4 is 11.6 Å². The standard InChI is InChI=1S/C16H14ClFN2/c1-11(13-4-2-12(9-19)3-5-13)20-10-14-6-7-15(18)8-16(14)17/h2-8,11,20H,10H2,1H3. The Morgan fingerprint density at radius 1 is 1.25 bits per heavy atom. The van der Waals surface area contributed by atoms with E-state index in [9.17, 15) is 4.39 Å². The van der Waals surface area contributed by atoms with Gasteiger partial charge < -0.3 is 5.32 Å². The first-order chi connectivity index (χ1) is 9.60. The van der Waals surface area contributed by atoms with Gasteiger partial charge in [0, 0.05) is 17.6 Å². The van der Waals surface area contributed by atoms with E-state index < -0.39 is 0 Å². The van der Waals surface area contributed by atoms with Crippen LogP contribution in [0.25, 0.3) is 0 Å². The third kappa shape index (κ3) is 3.57. The number of hydrogen-bond acceptors (Lipinski definition) is 2. The lowest BCUT2D eigenvalue weighted by Gasteiger charge is -2.15. The molecule has 0 aliphatic heterocycles. The number of benzene rings is 2. The van der Waals surface area contributed by atoms with Gasteiger partial charge >= 0.3 is 0 Å². The van der Waals surface area contributed by atoms with Crippen LogP contribution in [-0.4, -0.2) is 0 Å². The second kappa shape index (κ2) is 6.51. The lowest BCUT2D eigenvalue weighted by atomic mass is 10.1. The third-order valence-corrected chi connectivity index (χ3v) is 3.51. The quantitative estimate of drug-likeness (QED) is 0.915. The van der Waals surface area contributed by atoms with E-state index in [-0.39, 0.29) is 11.9 Å². The molecule has 0 bridgehead atoms. The predicted molar refractivity (Wildman–Crippen MR) is 77.8 cm³/mol. The Labute approximate surface area is 122 Å². The van der Waals surface area contributed by atoms with Crippen LogP contribution in [0, 0.1) is 17.1 Å². The van der Waals surface area contributed by atoms with Gasteiger partial charge in [0.1, 0.15) is 5.82 Å². The van der Waals surface area contributed by atoms with Crippen molar-refractivity contribution in [1.29, 1.82) is 5.26 Å². The van der Waals surface area contributed by atoms with Crippen LogP contribution in [-0.2, 0) is 6.54 Å². The van der Waals surface area contributed by atoms with Crippen LogP contribution in [0.3, 0.4) is 0 Å². The summed E-state index contributed by atoms with van der Waals surface area (Å²) >= 11 is 5.98. The number of rotatable bonds is 4. The molecule has 2 rings (SSSR count). The summed E-state index contributed by atoms with van der Waals surface area (Å²) in [5.41, 5.74) is 2.58. The van der Waals surface area contributed by atoms with E-state index >= 15 is 0 Å². The van der Waals surface area contributed by atoms with Crippen molar-refractivity contribution in [1.82, 2.24) is 5.32 Å². The maximum absolute atomic E-state index is 13.0. The zero-order valence-corrected chi connectivity index (χ0v) is 11.8. The molecule has 0 fully saturated rings. The zero-order valence-electron chi connectivity index (χ0n) is 11.0. The molecule has 2 aromatic rings. The molecule has 2 aromatic carbocycles. The van der Waals surface area contributed by atoms with Gasteiger partial charge in [-0.15, -0.1) is 0 Å². The predicted octanol–water partition coefficient (Wildman–Crippen LogP) is 4.20. The van der Waals surface area contributed by atoms with Crippen LogP contribution in [0.15, 0.2) is 42.5 Å². The topological polar surface area (TPSA) is 35.8 Å². The molecule has 0 radical (unpaired) electrons. The molecule has 0 saturated carbocycles. The fraction of sp³-hybridized carbons (Fsp3) is 0.188. The molecule has 1 atom stereocenters. The highest BCUT2D eigenvalue weighted by atomic mass is 35.5. The van der Waals surface area contributed by atoms with Gasteiger partial charge in [0.25, 0.3) is 0 Å². The fourth-order valence-electron chi connectivity index (χ4n) is 1.89. The van der Waals surface area contributed by atoms with E-state index in [1.165, 1.54) is 12.1 Å². The van der Waals surface area contributed by atoms with Gasteiger partial charge in [-0.2, -0.15) is 5.26 Å². The first-order valence-electron chi connectivity index (χ1n) is 6.27. The smallest absolute Gasteiger partial charge is 0.124 e. The number of nitrogens with one attached hydrogen (secondary N) is 1. The summed E-state index contributed by atoms with van der Waals surface area (Å²) in [6, 6.07) is 14.0. The highest BCUT2D eigenvalue weighted by Crippen LogP contribution is 2.19. The average Bonchev–Trinajstić information content (AvgIpc) is 2.46. The second-order valence-corrected chi connectivity index (χ2v) is 4.98. The Bertz CT molecular complexity index is 632. The van der Waals surface area contributed by atoms with E-state index in [2.05, 4.69) is 11.4 Å². The molecule has 0 heterocycles. The van der Waals surface area contributed by atoms with Crippen molar-refractivity contribution in [3.63, 3.8) is 0 Å². The molecule has 1 unspecified atom stereocenters. The second-order valence-electron chi connectivity index (χ2n) is 4.57. The highest BCUT2D eigenvalue weighted by Gasteiger charge is 2.07. The van der Waals surface area contributed by atoms with E-state index in [0.29, 0.717) is 17.1 Å². The largest absolute Gasteiger partial charge is 0.306 e. The molecule has 0 spiro atoms. The summed E-state index contributed by atoms with van der Waals surface area (Å²) in [5.74, 6) is -0.334. The van der Waals surface area contributed by atoms with E-state index in [1.54, 1.807) is 18.2 Å². The summed E-state index contributed by atoms with van der Waals surface area (Å²) in [7, 11) is 0. The average molecular weight is 289 g/mol. The van der Waals surface area contributed by atoms with Crippen LogP contribution >= 0.6 is 11.6 Å². The summed E-state index contributed by atoms with van der Waals surface area (Å²) in [6.45, 7) is 2.58. The first-order valence-corrected chi connectivity index (χ1v) is 6.65. The monoisotopic (exact) mass is 288 g/mol. The number of hydrogen-bond donors (Lipinski definition) is 1. The molecule has 0 aliphatic carbocycles. The van der Waals surface area contributed by atoms with E-state index in [4.69, 9.17) is 16.9 Å².